The highest BCUT2D eigenvalue weighted by Gasteiger charge is 2.28. The first kappa shape index (κ1) is 11.8. The van der Waals surface area contributed by atoms with E-state index in [2.05, 4.69) is 10.2 Å². The van der Waals surface area contributed by atoms with E-state index in [0.717, 1.165) is 5.56 Å². The van der Waals surface area contributed by atoms with Crippen molar-refractivity contribution in [3.05, 3.63) is 46.3 Å². The first-order valence-electron chi connectivity index (χ1n) is 5.49. The van der Waals surface area contributed by atoms with Gasteiger partial charge in [-0.25, -0.2) is 4.57 Å². The zero-order valence-corrected chi connectivity index (χ0v) is 10.4. The van der Waals surface area contributed by atoms with Crippen molar-refractivity contribution in [1.29, 1.82) is 0 Å². The maximum absolute atomic E-state index is 11.9. The topological polar surface area (TPSA) is 90.9 Å². The van der Waals surface area contributed by atoms with Crippen LogP contribution in [0, 0.1) is 10.1 Å². The maximum atomic E-state index is 11.9. The molecule has 0 spiro atoms. The number of aromatic nitrogens is 3. The molecule has 2 aromatic rings. The zero-order chi connectivity index (χ0) is 13.4. The van der Waals surface area contributed by atoms with Crippen molar-refractivity contribution in [3.63, 3.8) is 0 Å². The summed E-state index contributed by atoms with van der Waals surface area (Å²) in [4.78, 5) is 22.0. The number of hydrogen-bond donors (Lipinski definition) is 0. The standard InChI is InChI=1S/C11H8N4O3S/c16-10-5-9(19-11-13-12-6-14(10)11)7-1-3-8(4-2-7)15(17)18/h1-4,6,9H,5H2. The Hall–Kier alpha value is -2.22. The molecule has 1 aliphatic rings. The first-order valence-corrected chi connectivity index (χ1v) is 6.37. The fourth-order valence-electron chi connectivity index (χ4n) is 1.90. The Morgan fingerprint density at radius 1 is 1.37 bits per heavy atom. The van der Waals surface area contributed by atoms with Crippen LogP contribution in [0.2, 0.25) is 0 Å². The fourth-order valence-corrected chi connectivity index (χ4v) is 3.03. The average molecular weight is 276 g/mol. The van der Waals surface area contributed by atoms with Gasteiger partial charge in [0.05, 0.1) is 4.92 Å². The average Bonchev–Trinajstić information content (AvgIpc) is 2.87. The van der Waals surface area contributed by atoms with Crippen LogP contribution in [0.25, 0.3) is 0 Å². The van der Waals surface area contributed by atoms with Crippen molar-refractivity contribution in [2.45, 2.75) is 16.8 Å². The van der Waals surface area contributed by atoms with Crippen molar-refractivity contribution in [3.8, 4) is 0 Å². The van der Waals surface area contributed by atoms with Gasteiger partial charge in [0.2, 0.25) is 5.91 Å². The molecule has 2 heterocycles. The van der Waals surface area contributed by atoms with Crippen LogP contribution < -0.4 is 0 Å². The van der Waals surface area contributed by atoms with Gasteiger partial charge in [0.25, 0.3) is 5.69 Å². The summed E-state index contributed by atoms with van der Waals surface area (Å²) in [6.07, 6.45) is 1.73. The third kappa shape index (κ3) is 2.10. The van der Waals surface area contributed by atoms with Crippen LogP contribution in [0.15, 0.2) is 35.7 Å². The molecule has 0 saturated carbocycles. The molecule has 96 valence electrons. The minimum atomic E-state index is -0.445. The highest BCUT2D eigenvalue weighted by atomic mass is 32.2. The van der Waals surface area contributed by atoms with Crippen molar-refractivity contribution >= 4 is 23.4 Å². The molecule has 1 unspecified atom stereocenters. The molecular formula is C11H8N4O3S. The molecular weight excluding hydrogens is 268 g/mol. The molecule has 1 aromatic carbocycles. The molecule has 0 fully saturated rings. The molecule has 1 atom stereocenters. The van der Waals surface area contributed by atoms with E-state index in [1.807, 2.05) is 0 Å². The van der Waals surface area contributed by atoms with Crippen molar-refractivity contribution < 1.29 is 9.72 Å². The fraction of sp³-hybridized carbons (Fsp3) is 0.182. The second-order valence-electron chi connectivity index (χ2n) is 4.04. The summed E-state index contributed by atoms with van der Waals surface area (Å²) in [7, 11) is 0. The molecule has 0 aliphatic carbocycles. The number of benzene rings is 1. The van der Waals surface area contributed by atoms with Crippen LogP contribution in [-0.2, 0) is 0 Å². The molecule has 1 aliphatic heterocycles. The number of hydrogen-bond acceptors (Lipinski definition) is 6. The Morgan fingerprint density at radius 2 is 2.11 bits per heavy atom. The number of nitro benzene ring substituents is 1. The number of nitrogens with zero attached hydrogens (tertiary/aromatic N) is 4. The normalized spacial score (nSPS) is 18.1. The van der Waals surface area contributed by atoms with Crippen molar-refractivity contribution in [2.24, 2.45) is 0 Å². The van der Waals surface area contributed by atoms with E-state index in [4.69, 9.17) is 0 Å². The molecule has 19 heavy (non-hydrogen) atoms. The van der Waals surface area contributed by atoms with E-state index in [9.17, 15) is 14.9 Å². The van der Waals surface area contributed by atoms with Gasteiger partial charge in [0.15, 0.2) is 5.16 Å². The van der Waals surface area contributed by atoms with Gasteiger partial charge in [0, 0.05) is 23.8 Å². The minimum absolute atomic E-state index is 0.0408. The number of non-ortho nitro benzene ring substituents is 1. The van der Waals surface area contributed by atoms with E-state index < -0.39 is 4.92 Å². The number of rotatable bonds is 2. The lowest BCUT2D eigenvalue weighted by Gasteiger charge is -2.20. The highest BCUT2D eigenvalue weighted by Crippen LogP contribution is 2.40. The molecule has 0 saturated heterocycles. The van der Waals surface area contributed by atoms with E-state index >= 15 is 0 Å². The van der Waals surface area contributed by atoms with Gasteiger partial charge in [-0.1, -0.05) is 23.9 Å². The number of fused-ring (bicyclic) bond motifs is 1. The third-order valence-electron chi connectivity index (χ3n) is 2.87. The predicted octanol–water partition coefficient (Wildman–Crippen LogP) is 2.06. The van der Waals surface area contributed by atoms with E-state index in [1.165, 1.54) is 34.8 Å². The predicted molar refractivity (Wildman–Crippen MR) is 67.0 cm³/mol. The number of nitro groups is 1. The summed E-state index contributed by atoms with van der Waals surface area (Å²) in [5, 5.41) is 18.6. The lowest BCUT2D eigenvalue weighted by molar-refractivity contribution is -0.384. The summed E-state index contributed by atoms with van der Waals surface area (Å²) in [6, 6.07) is 6.24. The van der Waals surface area contributed by atoms with Crippen LogP contribution in [0.1, 0.15) is 22.0 Å². The van der Waals surface area contributed by atoms with Crippen LogP contribution in [0.4, 0.5) is 5.69 Å². The second-order valence-corrected chi connectivity index (χ2v) is 5.21. The Morgan fingerprint density at radius 3 is 2.79 bits per heavy atom. The summed E-state index contributed by atoms with van der Waals surface area (Å²) >= 11 is 1.43. The molecule has 0 amide bonds. The van der Waals surface area contributed by atoms with Crippen molar-refractivity contribution in [2.75, 3.05) is 0 Å². The Balaban J connectivity index is 1.88. The van der Waals surface area contributed by atoms with Gasteiger partial charge in [-0.05, 0) is 5.56 Å². The zero-order valence-electron chi connectivity index (χ0n) is 9.59. The number of carbonyl (C=O) groups is 1. The summed E-state index contributed by atoms with van der Waals surface area (Å²) < 4.78 is 1.42. The van der Waals surface area contributed by atoms with Gasteiger partial charge in [-0.15, -0.1) is 10.2 Å². The van der Waals surface area contributed by atoms with Crippen LogP contribution in [0.5, 0.6) is 0 Å². The highest BCUT2D eigenvalue weighted by molar-refractivity contribution is 7.99. The van der Waals surface area contributed by atoms with Crippen LogP contribution in [0.3, 0.4) is 0 Å². The maximum Gasteiger partial charge on any atom is 0.269 e. The van der Waals surface area contributed by atoms with Gasteiger partial charge < -0.3 is 0 Å². The van der Waals surface area contributed by atoms with Gasteiger partial charge >= 0.3 is 0 Å². The van der Waals surface area contributed by atoms with E-state index in [1.54, 1.807) is 12.1 Å². The molecule has 0 N–H and O–H groups in total. The molecule has 0 radical (unpaired) electrons. The van der Waals surface area contributed by atoms with Gasteiger partial charge in [-0.2, -0.15) is 0 Å². The molecule has 0 bridgehead atoms. The van der Waals surface area contributed by atoms with Gasteiger partial charge in [0.1, 0.15) is 6.33 Å². The lowest BCUT2D eigenvalue weighted by Crippen LogP contribution is -2.18. The van der Waals surface area contributed by atoms with Crippen LogP contribution in [-0.4, -0.2) is 25.6 Å². The smallest absolute Gasteiger partial charge is 0.269 e. The lowest BCUT2D eigenvalue weighted by atomic mass is 10.1. The molecule has 7 nitrogen and oxygen atoms in total. The second kappa shape index (κ2) is 4.47. The van der Waals surface area contributed by atoms with Gasteiger partial charge in [-0.3, -0.25) is 14.9 Å². The number of thioether (sulfide) groups is 1. The SMILES string of the molecule is O=C1CC(c2ccc([N+](=O)[O-])cc2)Sc2nncn21. The van der Waals surface area contributed by atoms with E-state index in [-0.39, 0.29) is 16.8 Å². The quantitative estimate of drug-likeness (QED) is 0.616. The third-order valence-corrected chi connectivity index (χ3v) is 4.08. The Labute approximate surface area is 111 Å². The molecule has 3 rings (SSSR count). The number of carbonyl (C=O) groups excluding carboxylic acids is 1. The largest absolute Gasteiger partial charge is 0.274 e. The molecule has 1 aromatic heterocycles. The Bertz CT molecular complexity index is 652. The van der Waals surface area contributed by atoms with Crippen molar-refractivity contribution in [1.82, 2.24) is 14.8 Å². The summed E-state index contributed by atoms with van der Waals surface area (Å²) in [6.45, 7) is 0. The van der Waals surface area contributed by atoms with Crippen LogP contribution >= 0.6 is 11.8 Å². The van der Waals surface area contributed by atoms with E-state index in [0.29, 0.717) is 11.6 Å². The summed E-state index contributed by atoms with van der Waals surface area (Å²) in [5.74, 6) is -0.0675. The molecule has 8 heteroatoms. The first-order chi connectivity index (χ1) is 9.15. The minimum Gasteiger partial charge on any atom is -0.274 e. The monoisotopic (exact) mass is 276 g/mol. The summed E-state index contributed by atoms with van der Waals surface area (Å²) in [5.41, 5.74) is 0.914. The Kier molecular flexibility index (Phi) is 2.79.